The number of hydrogen-bond donors (Lipinski definition) is 0. The fourth-order valence-corrected chi connectivity index (χ4v) is 1.62. The van der Waals surface area contributed by atoms with Gasteiger partial charge in [-0.15, -0.1) is 0 Å². The lowest BCUT2D eigenvalue weighted by Gasteiger charge is -2.02. The number of ketones is 1. The summed E-state index contributed by atoms with van der Waals surface area (Å²) in [5, 5.41) is 4.14. The van der Waals surface area contributed by atoms with Gasteiger partial charge >= 0.3 is 0 Å². The van der Waals surface area contributed by atoms with Crippen molar-refractivity contribution in [1.29, 1.82) is 0 Å². The van der Waals surface area contributed by atoms with Crippen molar-refractivity contribution in [3.8, 4) is 0 Å². The van der Waals surface area contributed by atoms with Gasteiger partial charge in [-0.3, -0.25) is 9.48 Å². The molecule has 0 bridgehead atoms. The molecule has 88 valence electrons. The van der Waals surface area contributed by atoms with Crippen molar-refractivity contribution in [1.82, 2.24) is 9.78 Å². The van der Waals surface area contributed by atoms with E-state index in [2.05, 4.69) is 5.10 Å². The highest BCUT2D eigenvalue weighted by molar-refractivity contribution is 5.80. The highest BCUT2D eigenvalue weighted by atomic mass is 19.1. The van der Waals surface area contributed by atoms with Crippen LogP contribution in [0.1, 0.15) is 11.3 Å². The van der Waals surface area contributed by atoms with Crippen molar-refractivity contribution in [2.45, 2.75) is 19.9 Å². The molecule has 0 N–H and O–H groups in total. The quantitative estimate of drug-likeness (QED) is 0.809. The maximum Gasteiger partial charge on any atom is 0.158 e. The highest BCUT2D eigenvalue weighted by Crippen LogP contribution is 2.04. The number of halogens is 1. The Morgan fingerprint density at radius 1 is 1.29 bits per heavy atom. The van der Waals surface area contributed by atoms with Gasteiger partial charge in [-0.25, -0.2) is 4.39 Å². The van der Waals surface area contributed by atoms with E-state index >= 15 is 0 Å². The van der Waals surface area contributed by atoms with Crippen LogP contribution in [0.15, 0.2) is 36.5 Å². The Bertz CT molecular complexity index is 516. The SMILES string of the molecule is Cc1ccn(CC(=O)Cc2ccc(F)cc2)n1. The van der Waals surface area contributed by atoms with E-state index in [0.29, 0.717) is 6.42 Å². The largest absolute Gasteiger partial charge is 0.297 e. The maximum atomic E-state index is 12.7. The maximum absolute atomic E-state index is 12.7. The van der Waals surface area contributed by atoms with Crippen LogP contribution in [0.5, 0.6) is 0 Å². The number of benzene rings is 1. The summed E-state index contributed by atoms with van der Waals surface area (Å²) in [5.74, 6) is -0.233. The molecule has 2 aromatic rings. The van der Waals surface area contributed by atoms with Gasteiger partial charge in [0, 0.05) is 12.6 Å². The molecule has 17 heavy (non-hydrogen) atoms. The number of Topliss-reactive ketones (excluding diaryl/α,β-unsaturated/α-hetero) is 1. The first-order valence-electron chi connectivity index (χ1n) is 5.40. The van der Waals surface area contributed by atoms with Gasteiger partial charge in [0.1, 0.15) is 5.82 Å². The molecular formula is C13H13FN2O. The third-order valence-corrected chi connectivity index (χ3v) is 2.43. The minimum absolute atomic E-state index is 0.0553. The lowest BCUT2D eigenvalue weighted by atomic mass is 10.1. The Kier molecular flexibility index (Phi) is 3.32. The van der Waals surface area contributed by atoms with E-state index in [1.165, 1.54) is 12.1 Å². The summed E-state index contributed by atoms with van der Waals surface area (Å²) in [6.45, 7) is 2.13. The van der Waals surface area contributed by atoms with Crippen LogP contribution in [0.4, 0.5) is 4.39 Å². The van der Waals surface area contributed by atoms with Gasteiger partial charge in [-0.05, 0) is 30.7 Å². The molecule has 1 aromatic carbocycles. The lowest BCUT2D eigenvalue weighted by Crippen LogP contribution is -2.13. The normalized spacial score (nSPS) is 10.5. The summed E-state index contributed by atoms with van der Waals surface area (Å²) >= 11 is 0. The molecule has 2 rings (SSSR count). The lowest BCUT2D eigenvalue weighted by molar-refractivity contribution is -0.119. The van der Waals surface area contributed by atoms with Crippen molar-refractivity contribution < 1.29 is 9.18 Å². The number of nitrogens with zero attached hydrogens (tertiary/aromatic N) is 2. The Morgan fingerprint density at radius 2 is 2.00 bits per heavy atom. The third kappa shape index (κ3) is 3.24. The fraction of sp³-hybridized carbons (Fsp3) is 0.231. The van der Waals surface area contributed by atoms with Gasteiger partial charge in [0.2, 0.25) is 0 Å². The number of aromatic nitrogens is 2. The topological polar surface area (TPSA) is 34.9 Å². The standard InChI is InChI=1S/C13H13FN2O/c1-10-6-7-16(15-10)9-13(17)8-11-2-4-12(14)5-3-11/h2-7H,8-9H2,1H3. The van der Waals surface area contributed by atoms with E-state index < -0.39 is 0 Å². The van der Waals surface area contributed by atoms with E-state index in [1.807, 2.05) is 13.0 Å². The average molecular weight is 232 g/mol. The van der Waals surface area contributed by atoms with E-state index in [0.717, 1.165) is 11.3 Å². The summed E-state index contributed by atoms with van der Waals surface area (Å²) in [4.78, 5) is 11.7. The molecule has 4 heteroatoms. The molecule has 0 unspecified atom stereocenters. The number of carbonyl (C=O) groups is 1. The van der Waals surface area contributed by atoms with Gasteiger partial charge < -0.3 is 0 Å². The smallest absolute Gasteiger partial charge is 0.158 e. The first kappa shape index (κ1) is 11.5. The predicted molar refractivity (Wildman–Crippen MR) is 62.1 cm³/mol. The van der Waals surface area contributed by atoms with E-state index in [9.17, 15) is 9.18 Å². The zero-order valence-electron chi connectivity index (χ0n) is 9.56. The molecule has 0 atom stereocenters. The van der Waals surface area contributed by atoms with Crippen molar-refractivity contribution in [2.24, 2.45) is 0 Å². The second-order valence-corrected chi connectivity index (χ2v) is 4.00. The Labute approximate surface area is 98.9 Å². The third-order valence-electron chi connectivity index (χ3n) is 2.43. The highest BCUT2D eigenvalue weighted by Gasteiger charge is 2.05. The fourth-order valence-electron chi connectivity index (χ4n) is 1.62. The Morgan fingerprint density at radius 3 is 2.59 bits per heavy atom. The number of rotatable bonds is 4. The van der Waals surface area contributed by atoms with Crippen LogP contribution in [-0.4, -0.2) is 15.6 Å². The van der Waals surface area contributed by atoms with Crippen LogP contribution in [0.2, 0.25) is 0 Å². The van der Waals surface area contributed by atoms with Crippen molar-refractivity contribution in [3.05, 3.63) is 53.6 Å². The molecule has 1 aromatic heterocycles. The van der Waals surface area contributed by atoms with Gasteiger partial charge in [0.25, 0.3) is 0 Å². The Balaban J connectivity index is 1.95. The molecule has 0 aliphatic rings. The number of carbonyl (C=O) groups excluding carboxylic acids is 1. The van der Waals surface area contributed by atoms with Crippen LogP contribution in [-0.2, 0) is 17.8 Å². The molecule has 0 amide bonds. The zero-order chi connectivity index (χ0) is 12.3. The average Bonchev–Trinajstić information content (AvgIpc) is 2.67. The molecule has 0 radical (unpaired) electrons. The molecule has 0 saturated heterocycles. The van der Waals surface area contributed by atoms with Gasteiger partial charge in [-0.2, -0.15) is 5.10 Å². The predicted octanol–water partition coefficient (Wildman–Crippen LogP) is 2.14. The zero-order valence-corrected chi connectivity index (χ0v) is 9.56. The second kappa shape index (κ2) is 4.91. The molecule has 0 fully saturated rings. The van der Waals surface area contributed by atoms with Crippen LogP contribution in [0.3, 0.4) is 0 Å². The first-order valence-corrected chi connectivity index (χ1v) is 5.40. The van der Waals surface area contributed by atoms with Crippen molar-refractivity contribution in [3.63, 3.8) is 0 Å². The summed E-state index contributed by atoms with van der Waals surface area (Å²) in [5.41, 5.74) is 1.71. The monoisotopic (exact) mass is 232 g/mol. The van der Waals surface area contributed by atoms with Gasteiger partial charge in [0.15, 0.2) is 5.78 Å². The van der Waals surface area contributed by atoms with E-state index in [1.54, 1.807) is 23.0 Å². The van der Waals surface area contributed by atoms with Gasteiger partial charge in [0.05, 0.1) is 12.2 Å². The molecule has 1 heterocycles. The molecule has 0 aliphatic carbocycles. The van der Waals surface area contributed by atoms with E-state index in [-0.39, 0.29) is 18.1 Å². The van der Waals surface area contributed by atoms with Crippen LogP contribution < -0.4 is 0 Å². The van der Waals surface area contributed by atoms with Crippen LogP contribution >= 0.6 is 0 Å². The minimum atomic E-state index is -0.288. The first-order chi connectivity index (χ1) is 8.13. The summed E-state index contributed by atoms with van der Waals surface area (Å²) in [6.07, 6.45) is 2.08. The van der Waals surface area contributed by atoms with E-state index in [4.69, 9.17) is 0 Å². The second-order valence-electron chi connectivity index (χ2n) is 4.00. The summed E-state index contributed by atoms with van der Waals surface area (Å²) < 4.78 is 14.3. The molecular weight excluding hydrogens is 219 g/mol. The van der Waals surface area contributed by atoms with Crippen molar-refractivity contribution in [2.75, 3.05) is 0 Å². The number of aryl methyl sites for hydroxylation is 1. The molecule has 0 aliphatic heterocycles. The van der Waals surface area contributed by atoms with Crippen molar-refractivity contribution >= 4 is 5.78 Å². The summed E-state index contributed by atoms with van der Waals surface area (Å²) in [6, 6.07) is 7.83. The molecule has 3 nitrogen and oxygen atoms in total. The molecule has 0 spiro atoms. The summed E-state index contributed by atoms with van der Waals surface area (Å²) in [7, 11) is 0. The number of hydrogen-bond acceptors (Lipinski definition) is 2. The minimum Gasteiger partial charge on any atom is -0.297 e. The Hall–Kier alpha value is -1.97. The van der Waals surface area contributed by atoms with Crippen LogP contribution in [0.25, 0.3) is 0 Å². The van der Waals surface area contributed by atoms with Gasteiger partial charge in [-0.1, -0.05) is 12.1 Å². The molecule has 0 saturated carbocycles. The van der Waals surface area contributed by atoms with Crippen LogP contribution in [0, 0.1) is 12.7 Å².